The number of nitro groups is 5. The first-order chi connectivity index (χ1) is 70.8. The summed E-state index contributed by atoms with van der Waals surface area (Å²) in [5, 5.41) is 55.3. The lowest BCUT2D eigenvalue weighted by atomic mass is 9.99. The number of H-pyrrole nitrogens is 1. The number of non-ortho nitro benzene ring substituents is 5. The number of aromatic amines is 1. The lowest BCUT2D eigenvalue weighted by Crippen LogP contribution is -2.43. The van der Waals surface area contributed by atoms with Gasteiger partial charge >= 0.3 is 29.6 Å². The number of carbonyl (C=O) groups excluding carboxylic acids is 7. The largest absolute Gasteiger partial charge is 0.494 e. The molecular formula is C105H106F4N16O24. The number of rotatable bonds is 33. The van der Waals surface area contributed by atoms with Crippen LogP contribution in [0.5, 0.6) is 11.5 Å². The van der Waals surface area contributed by atoms with Crippen LogP contribution in [0.2, 0.25) is 0 Å². The number of aromatic nitrogens is 6. The van der Waals surface area contributed by atoms with Crippen LogP contribution in [0, 0.1) is 94.6 Å². The van der Waals surface area contributed by atoms with E-state index < -0.39 is 95.2 Å². The van der Waals surface area contributed by atoms with Gasteiger partial charge in [0.25, 0.3) is 34.0 Å². The molecule has 0 radical (unpaired) electrons. The number of esters is 3. The van der Waals surface area contributed by atoms with Gasteiger partial charge in [-0.25, -0.2) is 56.2 Å². The van der Waals surface area contributed by atoms with Crippen LogP contribution in [0.1, 0.15) is 130 Å². The third-order valence-electron chi connectivity index (χ3n) is 22.3. The van der Waals surface area contributed by atoms with Crippen molar-refractivity contribution in [2.45, 2.75) is 101 Å². The van der Waals surface area contributed by atoms with Crippen molar-refractivity contribution >= 4 is 86.5 Å². The van der Waals surface area contributed by atoms with Crippen LogP contribution in [0.25, 0.3) is 61.3 Å². The Bertz CT molecular complexity index is 7440. The van der Waals surface area contributed by atoms with E-state index in [0.717, 1.165) is 66.9 Å². The third-order valence-corrected chi connectivity index (χ3v) is 22.3. The fourth-order valence-electron chi connectivity index (χ4n) is 15.2. The Kier molecular flexibility index (Phi) is 40.2. The molecule has 0 aliphatic heterocycles. The summed E-state index contributed by atoms with van der Waals surface area (Å²) < 4.78 is 90.1. The number of nitrogens with zero attached hydrogens (tertiary/aromatic N) is 12. The number of carbonyl (C=O) groups is 7. The molecule has 0 fully saturated rings. The number of fused-ring (bicyclic) bond motifs is 1. The number of hydrogen-bond donors (Lipinski definition) is 4. The Morgan fingerprint density at radius 3 is 1.40 bits per heavy atom. The molecule has 5 aromatic heterocycles. The second-order valence-electron chi connectivity index (χ2n) is 33.2. The average molecular weight is 2050 g/mol. The number of hydrogen-bond acceptors (Lipinski definition) is 27. The van der Waals surface area contributed by atoms with Gasteiger partial charge in [-0.15, -0.1) is 0 Å². The van der Waals surface area contributed by atoms with Gasteiger partial charge in [0.05, 0.1) is 76.6 Å². The van der Waals surface area contributed by atoms with E-state index in [0.29, 0.717) is 86.2 Å². The first-order valence-electron chi connectivity index (χ1n) is 45.6. The topological polar surface area (TPSA) is 512 Å². The third kappa shape index (κ3) is 29.1. The predicted molar refractivity (Wildman–Crippen MR) is 548 cm³/mol. The van der Waals surface area contributed by atoms with Crippen LogP contribution in [0.4, 0.5) is 56.5 Å². The first-order valence-corrected chi connectivity index (χ1v) is 45.6. The number of urea groups is 1. The van der Waals surface area contributed by atoms with Crippen molar-refractivity contribution in [1.29, 1.82) is 0 Å². The number of methoxy groups -OCH3 is 2. The molecule has 0 bridgehead atoms. The summed E-state index contributed by atoms with van der Waals surface area (Å²) in [6.45, 7) is 15.5. The fraction of sp³-hybridized carbons (Fsp3) is 0.229. The number of amides is 2. The highest BCUT2D eigenvalue weighted by Gasteiger charge is 2.30. The van der Waals surface area contributed by atoms with E-state index in [1.165, 1.54) is 159 Å². The molecule has 0 unspecified atom stereocenters. The number of halogens is 4. The molecule has 0 atom stereocenters. The number of ether oxygens (including phenoxy) is 5. The number of nitrogens with one attached hydrogen (secondary N) is 3. The lowest BCUT2D eigenvalue weighted by molar-refractivity contribution is -0.385. The summed E-state index contributed by atoms with van der Waals surface area (Å²) in [4.78, 5) is 169. The Balaban J connectivity index is 0.000000209. The van der Waals surface area contributed by atoms with Gasteiger partial charge in [-0.1, -0.05) is 61.5 Å². The maximum absolute atomic E-state index is 15.6. The molecule has 14 rings (SSSR count). The summed E-state index contributed by atoms with van der Waals surface area (Å²) in [5.41, 5.74) is 11.3. The van der Waals surface area contributed by atoms with Crippen molar-refractivity contribution in [3.8, 4) is 61.7 Å². The van der Waals surface area contributed by atoms with Crippen molar-refractivity contribution in [1.82, 2.24) is 37.9 Å². The Morgan fingerprint density at radius 2 is 0.926 bits per heavy atom. The molecule has 0 saturated carbocycles. The smallest absolute Gasteiger partial charge is 0.357 e. The normalized spacial score (nSPS) is 10.7. The van der Waals surface area contributed by atoms with E-state index in [9.17, 15) is 107 Å². The van der Waals surface area contributed by atoms with Crippen LogP contribution in [-0.4, -0.2) is 166 Å². The lowest BCUT2D eigenvalue weighted by Gasteiger charge is -2.17. The molecule has 40 nitrogen and oxygen atoms in total. The van der Waals surface area contributed by atoms with Crippen LogP contribution >= 0.6 is 0 Å². The zero-order valence-corrected chi connectivity index (χ0v) is 83.6. The first kappa shape index (κ1) is 114. The number of nitro benzene ring substituents is 5. The maximum Gasteiger partial charge on any atom is 0.357 e. The highest BCUT2D eigenvalue weighted by Crippen LogP contribution is 2.36. The Labute approximate surface area is 848 Å². The standard InChI is InChI=1S/C34H33F3N4O4.C22H21FN4O6.C14H15N3O4.C14H14N2O4.C12H14N2O3.C9H9NO3/c1-5-8-23(42)17-21-13-15-22(16-14-21)24-19-39-32(25(24)18-38(2)3)33(43)41(29-11-7-12-30(45-4)31(29)37)34(44)40(39)20-26-27(35)9-6-10-28(26)36;1-4-33-21(28)20-13(2)16(14-8-10-15(11-9-14)27(30)31)12-26(20)25-22(29)24-17-6-5-7-18(32-3)19(17)23;1-3-21-14(18)13-9(2)12(8-16(13)15)10-4-6-11(7-5-10)17(19)20;1-3-20-14(17)13-9(2)12(8-15-13)10-4-6-11(7-5-10)16(18)19;1-9(15)12(8-13(2)3)10-4-6-11(7-5-10)14(16)17;1-7(11)6-8-2-4-9(5-3-8)10(12)13/h6-7,9-16,19H,5,8,17-18,20H2,1-4H3;5-12H,4H2,1-3H3,(H2,24,25,29);4-8H,3,15H2,1-2H3;4-8,15H,3H2,1-2H3;4-8H,1-3H3;2-5H,6H2,1H3/b;;;;12-8-;. The number of benzene rings is 9. The zero-order valence-electron chi connectivity index (χ0n) is 83.6. The van der Waals surface area contributed by atoms with Gasteiger partial charge in [0.1, 0.15) is 34.4 Å². The number of ketones is 3. The van der Waals surface area contributed by atoms with Crippen molar-refractivity contribution in [3.63, 3.8) is 0 Å². The van der Waals surface area contributed by atoms with E-state index >= 15 is 4.39 Å². The summed E-state index contributed by atoms with van der Waals surface area (Å²) in [6.07, 6.45) is 9.91. The van der Waals surface area contributed by atoms with Crippen LogP contribution in [-0.2, 0) is 54.5 Å². The van der Waals surface area contributed by atoms with Crippen molar-refractivity contribution in [2.24, 2.45) is 0 Å². The zero-order chi connectivity index (χ0) is 110. The molecule has 5 N–H and O–H groups in total. The number of anilines is 1. The minimum atomic E-state index is -1.01. The maximum atomic E-state index is 15.6. The molecule has 44 heteroatoms. The number of Topliss-reactive ketones (excluding diaryl/α,β-unsaturated/α-hetero) is 3. The average Bonchev–Trinajstić information content (AvgIpc) is 1.52. The molecule has 0 aliphatic carbocycles. The molecule has 149 heavy (non-hydrogen) atoms. The van der Waals surface area contributed by atoms with Crippen molar-refractivity contribution < 1.29 is 99.4 Å². The summed E-state index contributed by atoms with van der Waals surface area (Å²) in [6, 6.07) is 48.1. The molecule has 0 aliphatic rings. The quantitative estimate of drug-likeness (QED) is 0.00564. The Hall–Kier alpha value is -18.7. The van der Waals surface area contributed by atoms with Crippen molar-refractivity contribution in [2.75, 3.05) is 78.8 Å². The molecular weight excluding hydrogens is 1950 g/mol. The molecule has 2 amide bonds. The molecule has 778 valence electrons. The minimum absolute atomic E-state index is 0.00852. The van der Waals surface area contributed by atoms with Crippen LogP contribution < -0.4 is 37.3 Å². The van der Waals surface area contributed by atoms with Gasteiger partial charge < -0.3 is 49.6 Å². The van der Waals surface area contributed by atoms with Gasteiger partial charge in [-0.05, 0) is 216 Å². The van der Waals surface area contributed by atoms with Crippen molar-refractivity contribution in [3.05, 3.63) is 387 Å². The summed E-state index contributed by atoms with van der Waals surface area (Å²) in [7, 11) is 9.80. The second-order valence-corrected chi connectivity index (χ2v) is 33.2. The predicted octanol–water partition coefficient (Wildman–Crippen LogP) is 19.0. The summed E-state index contributed by atoms with van der Waals surface area (Å²) >= 11 is 0. The monoisotopic (exact) mass is 2050 g/mol. The van der Waals surface area contributed by atoms with E-state index in [2.05, 4.69) is 15.7 Å². The summed E-state index contributed by atoms with van der Waals surface area (Å²) in [5.74, 6) is 0.625. The SMILES string of the molecule is CC(=O)/C(=C/N(C)C)c1ccc([N+](=O)[O-])cc1.CC(=O)Cc1ccc([N+](=O)[O-])cc1.CCCC(=O)Cc1ccc(-c2cn3c(c2CN(C)C)c(=O)n(-c2cccc(OC)c2F)c(=O)n3Cc2c(F)cccc2F)cc1.CCOC(=O)c1[nH]cc(-c2ccc([N+](=O)[O-])cc2)c1C.CCOC(=O)c1c(C)c(-c2ccc([N+](=O)[O-])cc2)cn1N.CCOC(=O)c1c(C)c(-c2ccc([N+](=O)[O-])cc2)cn1NC(=O)Nc1cccc(OC)c1F. The number of nitrogens with two attached hydrogens (primary N) is 1. The van der Waals surface area contributed by atoms with Crippen LogP contribution in [0.3, 0.4) is 0 Å². The van der Waals surface area contributed by atoms with Gasteiger partial charge in [0.15, 0.2) is 40.3 Å². The number of allylic oxidation sites excluding steroid dienone is 1. The molecule has 9 aromatic carbocycles. The fourth-order valence-corrected chi connectivity index (χ4v) is 15.2. The van der Waals surface area contributed by atoms with E-state index in [4.69, 9.17) is 29.5 Å². The molecule has 5 heterocycles. The highest BCUT2D eigenvalue weighted by atomic mass is 19.1. The van der Waals surface area contributed by atoms with Gasteiger partial charge in [0, 0.05) is 171 Å². The Morgan fingerprint density at radius 1 is 0.497 bits per heavy atom. The molecule has 14 aromatic rings. The second kappa shape index (κ2) is 52.6. The molecule has 0 saturated heterocycles. The molecule has 0 spiro atoms. The van der Waals surface area contributed by atoms with Gasteiger partial charge in [-0.2, -0.15) is 0 Å². The van der Waals surface area contributed by atoms with E-state index in [-0.39, 0.29) is 105 Å². The number of nitrogen functional groups attached to an aromatic ring is 1. The van der Waals surface area contributed by atoms with E-state index in [1.54, 1.807) is 134 Å². The highest BCUT2D eigenvalue weighted by molar-refractivity contribution is 6.19. The van der Waals surface area contributed by atoms with Gasteiger partial charge in [-0.3, -0.25) is 83.6 Å². The minimum Gasteiger partial charge on any atom is -0.494 e. The van der Waals surface area contributed by atoms with E-state index in [1.807, 2.05) is 50.2 Å². The van der Waals surface area contributed by atoms with Crippen LogP contribution in [0.15, 0.2) is 241 Å². The van der Waals surface area contributed by atoms with Gasteiger partial charge in [0.2, 0.25) is 0 Å².